The third-order valence-electron chi connectivity index (χ3n) is 3.45. The summed E-state index contributed by atoms with van der Waals surface area (Å²) in [6.45, 7) is 0. The maximum absolute atomic E-state index is 12.2. The van der Waals surface area contributed by atoms with E-state index in [0.29, 0.717) is 0 Å². The number of nitro groups is 1. The molecule has 1 aliphatic heterocycles. The number of nitrogens with zero attached hydrogens (tertiary/aromatic N) is 1. The van der Waals surface area contributed by atoms with Gasteiger partial charge in [-0.3, -0.25) is 19.7 Å². The van der Waals surface area contributed by atoms with Crippen LogP contribution in [0.4, 0.5) is 17.1 Å². The molecule has 2 aromatic carbocycles. The van der Waals surface area contributed by atoms with Crippen LogP contribution in [0.25, 0.3) is 0 Å². The van der Waals surface area contributed by atoms with Gasteiger partial charge >= 0.3 is 0 Å². The van der Waals surface area contributed by atoms with Gasteiger partial charge in [0, 0.05) is 17.4 Å². The molecule has 8 heteroatoms. The Morgan fingerprint density at radius 2 is 1.92 bits per heavy atom. The molecule has 1 heterocycles. The van der Waals surface area contributed by atoms with Gasteiger partial charge in [0.25, 0.3) is 5.69 Å². The van der Waals surface area contributed by atoms with Crippen molar-refractivity contribution in [1.29, 1.82) is 0 Å². The zero-order valence-corrected chi connectivity index (χ0v) is 13.2. The minimum absolute atomic E-state index is 0.0725. The van der Waals surface area contributed by atoms with Crippen LogP contribution in [-0.4, -0.2) is 22.0 Å². The third kappa shape index (κ3) is 3.38. The molecule has 0 saturated carbocycles. The summed E-state index contributed by atoms with van der Waals surface area (Å²) in [6, 6.07) is 13.2. The van der Waals surface area contributed by atoms with E-state index in [1.54, 1.807) is 12.1 Å². The number of carbonyl (C=O) groups is 2. The highest BCUT2D eigenvalue weighted by Gasteiger charge is 2.29. The van der Waals surface area contributed by atoms with Crippen molar-refractivity contribution in [2.75, 3.05) is 10.6 Å². The Kier molecular flexibility index (Phi) is 4.48. The van der Waals surface area contributed by atoms with Crippen molar-refractivity contribution >= 4 is 40.6 Å². The molecular formula is C16H13N3O4S. The molecule has 0 spiro atoms. The second-order valence-corrected chi connectivity index (χ2v) is 6.36. The lowest BCUT2D eigenvalue weighted by atomic mass is 10.2. The summed E-state index contributed by atoms with van der Waals surface area (Å²) in [5.41, 5.74) is 0.661. The van der Waals surface area contributed by atoms with Crippen LogP contribution in [0, 0.1) is 10.1 Å². The molecule has 0 saturated heterocycles. The highest BCUT2D eigenvalue weighted by molar-refractivity contribution is 8.01. The first-order valence-corrected chi connectivity index (χ1v) is 8.02. The number of carbonyl (C=O) groups excluding carboxylic acids is 2. The van der Waals surface area contributed by atoms with Gasteiger partial charge in [0.15, 0.2) is 0 Å². The number of para-hydroxylation sites is 3. The van der Waals surface area contributed by atoms with Crippen LogP contribution in [0.2, 0.25) is 0 Å². The lowest BCUT2D eigenvalue weighted by Crippen LogP contribution is -2.32. The van der Waals surface area contributed by atoms with Crippen LogP contribution >= 0.6 is 11.8 Å². The van der Waals surface area contributed by atoms with Crippen LogP contribution in [0.1, 0.15) is 6.42 Å². The fourth-order valence-electron chi connectivity index (χ4n) is 2.34. The summed E-state index contributed by atoms with van der Waals surface area (Å²) in [5, 5.41) is 15.7. The Hall–Kier alpha value is -2.87. The van der Waals surface area contributed by atoms with Crippen molar-refractivity contribution in [1.82, 2.24) is 0 Å². The molecule has 2 amide bonds. The van der Waals surface area contributed by atoms with Crippen LogP contribution in [0.5, 0.6) is 0 Å². The maximum atomic E-state index is 12.2. The highest BCUT2D eigenvalue weighted by atomic mass is 32.2. The molecule has 0 aliphatic carbocycles. The standard InChI is InChI=1S/C16H13N3O4S/c20-15(17-10-5-1-3-7-12(10)19(22)23)9-14-16(21)18-11-6-2-4-8-13(11)24-14/h1-8,14H,9H2,(H,17,20)(H,18,21)/t14-/m1/s1. The van der Waals surface area contributed by atoms with E-state index in [1.165, 1.54) is 30.0 Å². The van der Waals surface area contributed by atoms with Gasteiger partial charge in [-0.2, -0.15) is 0 Å². The highest BCUT2D eigenvalue weighted by Crippen LogP contribution is 2.36. The fourth-order valence-corrected chi connectivity index (χ4v) is 3.45. The van der Waals surface area contributed by atoms with Crippen molar-refractivity contribution in [2.45, 2.75) is 16.6 Å². The summed E-state index contributed by atoms with van der Waals surface area (Å²) >= 11 is 1.31. The minimum Gasteiger partial charge on any atom is -0.324 e. The van der Waals surface area contributed by atoms with Gasteiger partial charge in [-0.25, -0.2) is 0 Å². The number of fused-ring (bicyclic) bond motifs is 1. The van der Waals surface area contributed by atoms with E-state index in [4.69, 9.17) is 0 Å². The number of nitro benzene ring substituents is 1. The van der Waals surface area contributed by atoms with Crippen LogP contribution in [0.3, 0.4) is 0 Å². The number of hydrogen-bond donors (Lipinski definition) is 2. The summed E-state index contributed by atoms with van der Waals surface area (Å²) in [7, 11) is 0. The topological polar surface area (TPSA) is 101 Å². The van der Waals surface area contributed by atoms with Gasteiger partial charge in [-0.15, -0.1) is 11.8 Å². The number of amides is 2. The Labute approximate surface area is 141 Å². The van der Waals surface area contributed by atoms with Gasteiger partial charge < -0.3 is 10.6 Å². The second kappa shape index (κ2) is 6.71. The molecule has 2 N–H and O–H groups in total. The average Bonchev–Trinajstić information content (AvgIpc) is 2.55. The van der Waals surface area contributed by atoms with Gasteiger partial charge in [-0.1, -0.05) is 24.3 Å². The zero-order chi connectivity index (χ0) is 17.1. The van der Waals surface area contributed by atoms with Crippen molar-refractivity contribution in [3.05, 3.63) is 58.6 Å². The molecule has 0 aromatic heterocycles. The largest absolute Gasteiger partial charge is 0.324 e. The first kappa shape index (κ1) is 16.0. The third-order valence-corrected chi connectivity index (χ3v) is 4.73. The van der Waals surface area contributed by atoms with Gasteiger partial charge in [0.2, 0.25) is 11.8 Å². The average molecular weight is 343 g/mol. The molecule has 122 valence electrons. The van der Waals surface area contributed by atoms with E-state index in [0.717, 1.165) is 10.6 Å². The molecular weight excluding hydrogens is 330 g/mol. The van der Waals surface area contributed by atoms with E-state index < -0.39 is 16.1 Å². The van der Waals surface area contributed by atoms with Crippen molar-refractivity contribution < 1.29 is 14.5 Å². The van der Waals surface area contributed by atoms with E-state index >= 15 is 0 Å². The molecule has 7 nitrogen and oxygen atoms in total. The molecule has 1 aliphatic rings. The van der Waals surface area contributed by atoms with Crippen LogP contribution in [0.15, 0.2) is 53.4 Å². The van der Waals surface area contributed by atoms with E-state index in [1.807, 2.05) is 18.2 Å². The summed E-state index contributed by atoms with van der Waals surface area (Å²) in [4.78, 5) is 35.6. The lowest BCUT2D eigenvalue weighted by molar-refractivity contribution is -0.383. The first-order chi connectivity index (χ1) is 11.5. The van der Waals surface area contributed by atoms with Crippen molar-refractivity contribution in [2.24, 2.45) is 0 Å². The minimum atomic E-state index is -0.581. The predicted octanol–water partition coefficient (Wildman–Crippen LogP) is 3.04. The van der Waals surface area contributed by atoms with E-state index in [-0.39, 0.29) is 23.7 Å². The fraction of sp³-hybridized carbons (Fsp3) is 0.125. The second-order valence-electron chi connectivity index (χ2n) is 5.12. The van der Waals surface area contributed by atoms with Gasteiger partial charge in [0.1, 0.15) is 5.69 Å². The number of rotatable bonds is 4. The Balaban J connectivity index is 1.70. The van der Waals surface area contributed by atoms with Crippen LogP contribution < -0.4 is 10.6 Å². The Morgan fingerprint density at radius 1 is 1.21 bits per heavy atom. The normalized spacial score (nSPS) is 16.0. The number of nitrogens with one attached hydrogen (secondary N) is 2. The monoisotopic (exact) mass is 343 g/mol. The molecule has 24 heavy (non-hydrogen) atoms. The molecule has 2 aromatic rings. The SMILES string of the molecule is O=C(C[C@H]1Sc2ccccc2NC1=O)Nc1ccccc1[N+](=O)[O-]. The lowest BCUT2D eigenvalue weighted by Gasteiger charge is -2.23. The molecule has 0 bridgehead atoms. The summed E-state index contributed by atoms with van der Waals surface area (Å²) in [5.74, 6) is -0.701. The summed E-state index contributed by atoms with van der Waals surface area (Å²) < 4.78 is 0. The quantitative estimate of drug-likeness (QED) is 0.656. The van der Waals surface area contributed by atoms with Crippen LogP contribution in [-0.2, 0) is 9.59 Å². The number of thioether (sulfide) groups is 1. The molecule has 0 radical (unpaired) electrons. The number of hydrogen-bond acceptors (Lipinski definition) is 5. The van der Waals surface area contributed by atoms with E-state index in [9.17, 15) is 19.7 Å². The first-order valence-electron chi connectivity index (χ1n) is 7.14. The number of benzene rings is 2. The zero-order valence-electron chi connectivity index (χ0n) is 12.4. The maximum Gasteiger partial charge on any atom is 0.292 e. The van der Waals surface area contributed by atoms with Crippen molar-refractivity contribution in [3.8, 4) is 0 Å². The predicted molar refractivity (Wildman–Crippen MR) is 91.1 cm³/mol. The van der Waals surface area contributed by atoms with Gasteiger partial charge in [-0.05, 0) is 18.2 Å². The smallest absolute Gasteiger partial charge is 0.292 e. The summed E-state index contributed by atoms with van der Waals surface area (Å²) in [6.07, 6.45) is -0.0725. The number of anilines is 2. The molecule has 0 fully saturated rings. The molecule has 3 rings (SSSR count). The van der Waals surface area contributed by atoms with Crippen molar-refractivity contribution in [3.63, 3.8) is 0 Å². The Bertz CT molecular complexity index is 824. The van der Waals surface area contributed by atoms with E-state index in [2.05, 4.69) is 10.6 Å². The molecule has 1 atom stereocenters. The molecule has 0 unspecified atom stereocenters. The Morgan fingerprint density at radius 3 is 2.71 bits per heavy atom. The van der Waals surface area contributed by atoms with Gasteiger partial charge in [0.05, 0.1) is 15.9 Å².